The van der Waals surface area contributed by atoms with E-state index in [2.05, 4.69) is 0 Å². The summed E-state index contributed by atoms with van der Waals surface area (Å²) in [6.07, 6.45) is -2.00. The number of halogens is 2. The molecule has 0 bridgehead atoms. The molecule has 0 heterocycles. The van der Waals surface area contributed by atoms with Crippen LogP contribution in [0.5, 0.6) is 0 Å². The Morgan fingerprint density at radius 1 is 1.46 bits per heavy atom. The summed E-state index contributed by atoms with van der Waals surface area (Å²) in [5, 5.41) is 8.45. The summed E-state index contributed by atoms with van der Waals surface area (Å²) in [5.41, 5.74) is 5.22. The normalized spacial score (nSPS) is 15.8. The van der Waals surface area contributed by atoms with E-state index in [9.17, 15) is 13.6 Å². The van der Waals surface area contributed by atoms with Crippen molar-refractivity contribution in [2.24, 2.45) is 11.7 Å². The number of alkyl halides is 2. The molecule has 3 N–H and O–H groups in total. The van der Waals surface area contributed by atoms with Gasteiger partial charge >= 0.3 is 5.97 Å². The van der Waals surface area contributed by atoms with Gasteiger partial charge in [0, 0.05) is 6.42 Å². The highest BCUT2D eigenvalue weighted by molar-refractivity contribution is 5.72. The summed E-state index contributed by atoms with van der Waals surface area (Å²) in [4.78, 5) is 10.3. The lowest BCUT2D eigenvalue weighted by Gasteiger charge is -2.16. The van der Waals surface area contributed by atoms with Gasteiger partial charge in [0.1, 0.15) is 6.04 Å². The molecule has 5 heteroatoms. The first-order chi connectivity index (χ1) is 5.97. The lowest BCUT2D eigenvalue weighted by atomic mass is 9.94. The summed E-state index contributed by atoms with van der Waals surface area (Å²) >= 11 is 0. The zero-order valence-corrected chi connectivity index (χ0v) is 7.54. The Labute approximate surface area is 75.9 Å². The number of carbonyl (C=O) groups is 1. The number of nitrogens with two attached hydrogens (primary N) is 1. The SMILES string of the molecule is CCC(CC(F)F)CC(N)C(=O)O. The summed E-state index contributed by atoms with van der Waals surface area (Å²) in [5.74, 6) is -1.43. The van der Waals surface area contributed by atoms with Gasteiger partial charge in [0.05, 0.1) is 0 Å². The molecule has 0 aromatic rings. The molecule has 0 rings (SSSR count). The fourth-order valence-electron chi connectivity index (χ4n) is 1.14. The van der Waals surface area contributed by atoms with E-state index >= 15 is 0 Å². The highest BCUT2D eigenvalue weighted by atomic mass is 19.3. The van der Waals surface area contributed by atoms with Crippen LogP contribution in [0, 0.1) is 5.92 Å². The van der Waals surface area contributed by atoms with Crippen LogP contribution in [0.15, 0.2) is 0 Å². The van der Waals surface area contributed by atoms with E-state index in [1.807, 2.05) is 0 Å². The second-order valence-corrected chi connectivity index (χ2v) is 3.08. The second-order valence-electron chi connectivity index (χ2n) is 3.08. The first-order valence-corrected chi connectivity index (χ1v) is 4.23. The molecule has 13 heavy (non-hydrogen) atoms. The van der Waals surface area contributed by atoms with Crippen molar-refractivity contribution in [1.29, 1.82) is 0 Å². The predicted molar refractivity (Wildman–Crippen MR) is 44.6 cm³/mol. The molecule has 2 atom stereocenters. The molecule has 0 amide bonds. The highest BCUT2D eigenvalue weighted by Crippen LogP contribution is 2.19. The Morgan fingerprint density at radius 3 is 2.31 bits per heavy atom. The Morgan fingerprint density at radius 2 is 2.00 bits per heavy atom. The highest BCUT2D eigenvalue weighted by Gasteiger charge is 2.20. The lowest BCUT2D eigenvalue weighted by molar-refractivity contribution is -0.139. The van der Waals surface area contributed by atoms with Crippen molar-refractivity contribution in [2.75, 3.05) is 0 Å². The largest absolute Gasteiger partial charge is 0.480 e. The Kier molecular flexibility index (Phi) is 5.53. The van der Waals surface area contributed by atoms with Crippen molar-refractivity contribution in [2.45, 2.75) is 38.7 Å². The van der Waals surface area contributed by atoms with Gasteiger partial charge in [-0.25, -0.2) is 8.78 Å². The Bertz CT molecular complexity index is 164. The number of hydrogen-bond acceptors (Lipinski definition) is 2. The molecule has 0 aromatic carbocycles. The van der Waals surface area contributed by atoms with E-state index in [1.165, 1.54) is 0 Å². The molecule has 0 aromatic heterocycles. The van der Waals surface area contributed by atoms with Crippen LogP contribution in [0.25, 0.3) is 0 Å². The summed E-state index contributed by atoms with van der Waals surface area (Å²) in [6, 6.07) is -1.02. The summed E-state index contributed by atoms with van der Waals surface area (Å²) < 4.78 is 23.9. The molecule has 78 valence electrons. The lowest BCUT2D eigenvalue weighted by Crippen LogP contribution is -2.32. The van der Waals surface area contributed by atoms with Gasteiger partial charge in [-0.3, -0.25) is 4.79 Å². The molecular weight excluding hydrogens is 180 g/mol. The molecule has 0 aliphatic heterocycles. The van der Waals surface area contributed by atoms with Crippen LogP contribution in [-0.2, 0) is 4.79 Å². The van der Waals surface area contributed by atoms with E-state index < -0.39 is 18.4 Å². The van der Waals surface area contributed by atoms with Gasteiger partial charge in [-0.05, 0) is 12.3 Å². The van der Waals surface area contributed by atoms with Crippen molar-refractivity contribution in [3.63, 3.8) is 0 Å². The van der Waals surface area contributed by atoms with Crippen molar-refractivity contribution in [3.8, 4) is 0 Å². The van der Waals surface area contributed by atoms with Gasteiger partial charge in [0.25, 0.3) is 0 Å². The first kappa shape index (κ1) is 12.3. The number of rotatable bonds is 6. The topological polar surface area (TPSA) is 63.3 Å². The molecule has 0 saturated carbocycles. The Hall–Kier alpha value is -0.710. The van der Waals surface area contributed by atoms with Gasteiger partial charge in [0.15, 0.2) is 0 Å². The zero-order valence-electron chi connectivity index (χ0n) is 7.54. The quantitative estimate of drug-likeness (QED) is 0.674. The molecule has 3 nitrogen and oxygen atoms in total. The molecule has 0 radical (unpaired) electrons. The zero-order chi connectivity index (χ0) is 10.4. The van der Waals surface area contributed by atoms with E-state index in [-0.39, 0.29) is 18.8 Å². The maximum atomic E-state index is 11.9. The third kappa shape index (κ3) is 5.52. The maximum absolute atomic E-state index is 11.9. The molecule has 0 spiro atoms. The molecule has 2 unspecified atom stereocenters. The number of carboxylic acids is 1. The minimum atomic E-state index is -2.38. The van der Waals surface area contributed by atoms with Gasteiger partial charge in [-0.2, -0.15) is 0 Å². The van der Waals surface area contributed by atoms with Gasteiger partial charge in [-0.1, -0.05) is 13.3 Å². The van der Waals surface area contributed by atoms with Crippen LogP contribution in [0.1, 0.15) is 26.2 Å². The van der Waals surface area contributed by atoms with Crippen LogP contribution in [-0.4, -0.2) is 23.5 Å². The van der Waals surface area contributed by atoms with Crippen LogP contribution in [0.2, 0.25) is 0 Å². The summed E-state index contributed by atoms with van der Waals surface area (Å²) in [6.45, 7) is 1.75. The molecular formula is C8H15F2NO2. The van der Waals surface area contributed by atoms with E-state index in [4.69, 9.17) is 10.8 Å². The smallest absolute Gasteiger partial charge is 0.320 e. The fraction of sp³-hybridized carbons (Fsp3) is 0.875. The van der Waals surface area contributed by atoms with Crippen molar-refractivity contribution >= 4 is 5.97 Å². The standard InChI is InChI=1S/C8H15F2NO2/c1-2-5(4-7(9)10)3-6(11)8(12)13/h5-7H,2-4,11H2,1H3,(H,12,13). The molecule has 0 saturated heterocycles. The third-order valence-corrected chi connectivity index (χ3v) is 1.99. The fourth-order valence-corrected chi connectivity index (χ4v) is 1.14. The van der Waals surface area contributed by atoms with E-state index in [0.29, 0.717) is 6.42 Å². The minimum absolute atomic E-state index is 0.121. The molecule has 0 aliphatic carbocycles. The predicted octanol–water partition coefficient (Wildman–Crippen LogP) is 1.47. The number of carboxylic acid groups (broad SMARTS) is 1. The number of hydrogen-bond donors (Lipinski definition) is 2. The number of aliphatic carboxylic acids is 1. The van der Waals surface area contributed by atoms with Crippen molar-refractivity contribution in [3.05, 3.63) is 0 Å². The summed E-state index contributed by atoms with van der Waals surface area (Å²) in [7, 11) is 0. The van der Waals surface area contributed by atoms with Gasteiger partial charge < -0.3 is 10.8 Å². The monoisotopic (exact) mass is 195 g/mol. The average molecular weight is 195 g/mol. The minimum Gasteiger partial charge on any atom is -0.480 e. The van der Waals surface area contributed by atoms with Gasteiger partial charge in [0.2, 0.25) is 6.43 Å². The van der Waals surface area contributed by atoms with Crippen molar-refractivity contribution < 1.29 is 18.7 Å². The van der Waals surface area contributed by atoms with Crippen LogP contribution >= 0.6 is 0 Å². The van der Waals surface area contributed by atoms with Crippen molar-refractivity contribution in [1.82, 2.24) is 0 Å². The van der Waals surface area contributed by atoms with E-state index in [0.717, 1.165) is 0 Å². The second kappa shape index (κ2) is 5.85. The van der Waals surface area contributed by atoms with Crippen LogP contribution in [0.4, 0.5) is 8.78 Å². The van der Waals surface area contributed by atoms with E-state index in [1.54, 1.807) is 6.92 Å². The maximum Gasteiger partial charge on any atom is 0.320 e. The van der Waals surface area contributed by atoms with Crippen LogP contribution in [0.3, 0.4) is 0 Å². The van der Waals surface area contributed by atoms with Crippen LogP contribution < -0.4 is 5.73 Å². The first-order valence-electron chi connectivity index (χ1n) is 4.23. The van der Waals surface area contributed by atoms with Gasteiger partial charge in [-0.15, -0.1) is 0 Å². The Balaban J connectivity index is 3.90. The molecule has 0 aliphatic rings. The third-order valence-electron chi connectivity index (χ3n) is 1.99. The molecule has 0 fully saturated rings. The average Bonchev–Trinajstić information content (AvgIpc) is 2.02.